The molecule has 0 unspecified atom stereocenters. The topological polar surface area (TPSA) is 15.3 Å². The van der Waals surface area contributed by atoms with Crippen molar-refractivity contribution in [3.05, 3.63) is 34.9 Å². The van der Waals surface area contributed by atoms with Gasteiger partial charge in [-0.3, -0.25) is 4.90 Å². The van der Waals surface area contributed by atoms with E-state index < -0.39 is 29.5 Å². The minimum absolute atomic E-state index is 0.0731. The number of benzene rings is 1. The van der Waals surface area contributed by atoms with Crippen LogP contribution in [0.1, 0.15) is 43.0 Å². The van der Waals surface area contributed by atoms with E-state index in [0.29, 0.717) is 32.6 Å². The second kappa shape index (κ2) is 7.53. The van der Waals surface area contributed by atoms with E-state index in [0.717, 1.165) is 12.1 Å². The Labute approximate surface area is 143 Å². The van der Waals surface area contributed by atoms with Crippen LogP contribution in [0.3, 0.4) is 0 Å². The van der Waals surface area contributed by atoms with E-state index in [1.165, 1.54) is 0 Å². The Balaban J connectivity index is 2.51. The van der Waals surface area contributed by atoms with Crippen molar-refractivity contribution in [1.29, 1.82) is 0 Å². The Morgan fingerprint density at radius 1 is 1.00 bits per heavy atom. The molecule has 142 valence electrons. The summed E-state index contributed by atoms with van der Waals surface area (Å²) in [5.41, 5.74) is -2.53. The maximum absolute atomic E-state index is 13.5. The van der Waals surface area contributed by atoms with E-state index in [4.69, 9.17) is 0 Å². The molecule has 1 aliphatic rings. The summed E-state index contributed by atoms with van der Waals surface area (Å²) < 4.78 is 79.1. The zero-order valence-corrected chi connectivity index (χ0v) is 14.1. The molecular formula is C17H22F6N2. The lowest BCUT2D eigenvalue weighted by Crippen LogP contribution is -2.45. The van der Waals surface area contributed by atoms with Gasteiger partial charge in [0.05, 0.1) is 11.1 Å². The smallest absolute Gasteiger partial charge is 0.314 e. The molecular weight excluding hydrogens is 346 g/mol. The first-order valence-corrected chi connectivity index (χ1v) is 8.23. The van der Waals surface area contributed by atoms with Crippen LogP contribution in [0.5, 0.6) is 0 Å². The van der Waals surface area contributed by atoms with Crippen molar-refractivity contribution in [1.82, 2.24) is 10.2 Å². The maximum Gasteiger partial charge on any atom is 0.416 e. The molecule has 1 fully saturated rings. The molecule has 1 atom stereocenters. The predicted molar refractivity (Wildman–Crippen MR) is 83.1 cm³/mol. The number of nitrogens with zero attached hydrogens (tertiary/aromatic N) is 1. The first kappa shape index (κ1) is 20.0. The molecule has 0 amide bonds. The van der Waals surface area contributed by atoms with Crippen LogP contribution in [-0.2, 0) is 12.4 Å². The lowest BCUT2D eigenvalue weighted by Gasteiger charge is -2.37. The number of piperazine rings is 1. The third kappa shape index (κ3) is 5.10. The zero-order chi connectivity index (χ0) is 18.8. The van der Waals surface area contributed by atoms with E-state index in [1.807, 2.05) is 18.7 Å². The highest BCUT2D eigenvalue weighted by Crippen LogP contribution is 2.41. The molecule has 0 radical (unpaired) electrons. The number of hydrogen-bond donors (Lipinski definition) is 1. The average Bonchev–Trinajstić information content (AvgIpc) is 2.51. The molecule has 0 aliphatic carbocycles. The average molecular weight is 368 g/mol. The van der Waals surface area contributed by atoms with Gasteiger partial charge in [0.25, 0.3) is 0 Å². The van der Waals surface area contributed by atoms with Gasteiger partial charge in [-0.2, -0.15) is 26.3 Å². The van der Waals surface area contributed by atoms with Crippen molar-refractivity contribution in [3.63, 3.8) is 0 Å². The van der Waals surface area contributed by atoms with Gasteiger partial charge in [0, 0.05) is 32.2 Å². The molecule has 2 rings (SSSR count). The molecule has 0 spiro atoms. The summed E-state index contributed by atoms with van der Waals surface area (Å²) in [6, 6.07) is 1.44. The normalized spacial score (nSPS) is 18.6. The van der Waals surface area contributed by atoms with Crippen molar-refractivity contribution >= 4 is 0 Å². The molecule has 2 nitrogen and oxygen atoms in total. The van der Waals surface area contributed by atoms with E-state index in [9.17, 15) is 26.3 Å². The van der Waals surface area contributed by atoms with E-state index in [-0.39, 0.29) is 17.5 Å². The van der Waals surface area contributed by atoms with Gasteiger partial charge in [-0.05, 0) is 30.0 Å². The Kier molecular flexibility index (Phi) is 6.04. The second-order valence-corrected chi connectivity index (χ2v) is 6.73. The molecule has 0 bridgehead atoms. The summed E-state index contributed by atoms with van der Waals surface area (Å²) in [5.74, 6) is 0.114. The summed E-state index contributed by atoms with van der Waals surface area (Å²) in [5, 5.41) is 3.14. The highest BCUT2D eigenvalue weighted by Gasteiger charge is 2.40. The van der Waals surface area contributed by atoms with Crippen molar-refractivity contribution < 1.29 is 26.3 Å². The third-order valence-corrected chi connectivity index (χ3v) is 4.33. The zero-order valence-electron chi connectivity index (χ0n) is 14.1. The predicted octanol–water partition coefficient (Wildman–Crippen LogP) is 4.72. The van der Waals surface area contributed by atoms with Gasteiger partial charge >= 0.3 is 12.4 Å². The van der Waals surface area contributed by atoms with Crippen LogP contribution in [0.25, 0.3) is 0 Å². The maximum atomic E-state index is 13.5. The molecule has 1 aliphatic heterocycles. The Morgan fingerprint density at radius 2 is 1.60 bits per heavy atom. The van der Waals surface area contributed by atoms with Gasteiger partial charge in [0.1, 0.15) is 0 Å². The standard InChI is InChI=1S/C17H22F6N2/c1-11(2)9-15(25-7-5-24-6-8-25)13-4-3-12(16(18,19)20)10-14(13)17(21,22)23/h3-4,10-11,15,24H,5-9H2,1-2H3/t15-/m1/s1. The first-order valence-electron chi connectivity index (χ1n) is 8.23. The fourth-order valence-corrected chi connectivity index (χ4v) is 3.18. The van der Waals surface area contributed by atoms with E-state index in [1.54, 1.807) is 0 Å². The van der Waals surface area contributed by atoms with Crippen molar-refractivity contribution in [2.45, 2.75) is 38.7 Å². The molecule has 1 heterocycles. The number of rotatable bonds is 4. The molecule has 1 aromatic rings. The number of nitrogens with one attached hydrogen (secondary N) is 1. The molecule has 25 heavy (non-hydrogen) atoms. The van der Waals surface area contributed by atoms with Crippen LogP contribution in [0.4, 0.5) is 26.3 Å². The minimum Gasteiger partial charge on any atom is -0.314 e. The van der Waals surface area contributed by atoms with Gasteiger partial charge < -0.3 is 5.32 Å². The fraction of sp³-hybridized carbons (Fsp3) is 0.647. The molecule has 0 saturated carbocycles. The Hall–Kier alpha value is -1.28. The molecule has 1 N–H and O–H groups in total. The van der Waals surface area contributed by atoms with Crippen LogP contribution in [0, 0.1) is 5.92 Å². The lowest BCUT2D eigenvalue weighted by molar-refractivity contribution is -0.143. The monoisotopic (exact) mass is 368 g/mol. The van der Waals surface area contributed by atoms with Crippen LogP contribution >= 0.6 is 0 Å². The highest BCUT2D eigenvalue weighted by molar-refractivity contribution is 5.37. The first-order chi connectivity index (χ1) is 11.5. The molecule has 8 heteroatoms. The van der Waals surface area contributed by atoms with Crippen LogP contribution in [0.15, 0.2) is 18.2 Å². The van der Waals surface area contributed by atoms with Gasteiger partial charge in [-0.15, -0.1) is 0 Å². The number of hydrogen-bond acceptors (Lipinski definition) is 2. The number of alkyl halides is 6. The lowest BCUT2D eigenvalue weighted by atomic mass is 9.90. The van der Waals surface area contributed by atoms with E-state index >= 15 is 0 Å². The van der Waals surface area contributed by atoms with Gasteiger partial charge in [0.15, 0.2) is 0 Å². The van der Waals surface area contributed by atoms with E-state index in [2.05, 4.69) is 5.32 Å². The van der Waals surface area contributed by atoms with Crippen molar-refractivity contribution in [3.8, 4) is 0 Å². The Morgan fingerprint density at radius 3 is 2.08 bits per heavy atom. The molecule has 1 saturated heterocycles. The van der Waals surface area contributed by atoms with Crippen LogP contribution < -0.4 is 5.32 Å². The van der Waals surface area contributed by atoms with Gasteiger partial charge in [-0.1, -0.05) is 19.9 Å². The van der Waals surface area contributed by atoms with Gasteiger partial charge in [-0.25, -0.2) is 0 Å². The largest absolute Gasteiger partial charge is 0.416 e. The number of halogens is 6. The quantitative estimate of drug-likeness (QED) is 0.774. The fourth-order valence-electron chi connectivity index (χ4n) is 3.18. The second-order valence-electron chi connectivity index (χ2n) is 6.73. The Bertz CT molecular complexity index is 573. The highest BCUT2D eigenvalue weighted by atomic mass is 19.4. The van der Waals surface area contributed by atoms with Crippen molar-refractivity contribution in [2.24, 2.45) is 5.92 Å². The minimum atomic E-state index is -4.83. The summed E-state index contributed by atoms with van der Waals surface area (Å²) in [6.45, 7) is 6.22. The van der Waals surface area contributed by atoms with Crippen LogP contribution in [0.2, 0.25) is 0 Å². The summed E-state index contributed by atoms with van der Waals surface area (Å²) in [4.78, 5) is 1.92. The van der Waals surface area contributed by atoms with Crippen molar-refractivity contribution in [2.75, 3.05) is 26.2 Å². The summed E-state index contributed by atoms with van der Waals surface area (Å²) in [7, 11) is 0. The van der Waals surface area contributed by atoms with Gasteiger partial charge in [0.2, 0.25) is 0 Å². The van der Waals surface area contributed by atoms with Crippen LogP contribution in [-0.4, -0.2) is 31.1 Å². The summed E-state index contributed by atoms with van der Waals surface area (Å²) in [6.07, 6.45) is -9.19. The molecule has 1 aromatic carbocycles. The third-order valence-electron chi connectivity index (χ3n) is 4.33. The summed E-state index contributed by atoms with van der Waals surface area (Å²) >= 11 is 0. The SMILES string of the molecule is CC(C)C[C@H](c1ccc(C(F)(F)F)cc1C(F)(F)F)N1CCNCC1. The molecule has 0 aromatic heterocycles.